The Balaban J connectivity index is 1.63. The summed E-state index contributed by atoms with van der Waals surface area (Å²) in [6.45, 7) is 3.76. The van der Waals surface area contributed by atoms with Gasteiger partial charge in [0, 0.05) is 17.0 Å². The van der Waals surface area contributed by atoms with Crippen LogP contribution in [0, 0.1) is 0 Å². The van der Waals surface area contributed by atoms with Crippen LogP contribution in [0.25, 0.3) is 10.8 Å². The van der Waals surface area contributed by atoms with Gasteiger partial charge in [0.1, 0.15) is 0 Å². The Bertz CT molecular complexity index is 1040. The molecule has 0 bridgehead atoms. The summed E-state index contributed by atoms with van der Waals surface area (Å²) in [6, 6.07) is 20.9. The lowest BCUT2D eigenvalue weighted by Crippen LogP contribution is -2.22. The summed E-state index contributed by atoms with van der Waals surface area (Å²) in [7, 11) is 0. The van der Waals surface area contributed by atoms with Crippen molar-refractivity contribution in [2.45, 2.75) is 26.7 Å². The highest BCUT2D eigenvalue weighted by molar-refractivity contribution is 6.08. The van der Waals surface area contributed by atoms with Gasteiger partial charge in [-0.15, -0.1) is 0 Å². The minimum absolute atomic E-state index is 0.105. The van der Waals surface area contributed by atoms with Crippen molar-refractivity contribution in [3.8, 4) is 0 Å². The zero-order valence-corrected chi connectivity index (χ0v) is 16.0. The molecule has 0 aliphatic rings. The van der Waals surface area contributed by atoms with Gasteiger partial charge in [0.2, 0.25) is 5.91 Å². The highest BCUT2D eigenvalue weighted by Crippen LogP contribution is 2.18. The van der Waals surface area contributed by atoms with Gasteiger partial charge in [0.25, 0.3) is 5.91 Å². The fourth-order valence-electron chi connectivity index (χ4n) is 3.05. The van der Waals surface area contributed by atoms with Gasteiger partial charge in [-0.2, -0.15) is 5.10 Å². The number of para-hydroxylation sites is 1. The highest BCUT2D eigenvalue weighted by atomic mass is 16.2. The first-order valence-electron chi connectivity index (χ1n) is 9.27. The average molecular weight is 373 g/mol. The van der Waals surface area contributed by atoms with Crippen LogP contribution in [0.2, 0.25) is 0 Å². The van der Waals surface area contributed by atoms with Crippen molar-refractivity contribution in [1.29, 1.82) is 0 Å². The van der Waals surface area contributed by atoms with Gasteiger partial charge in [-0.05, 0) is 41.8 Å². The van der Waals surface area contributed by atoms with E-state index in [1.54, 1.807) is 13.0 Å². The summed E-state index contributed by atoms with van der Waals surface area (Å²) >= 11 is 0. The fourth-order valence-corrected chi connectivity index (χ4v) is 3.05. The van der Waals surface area contributed by atoms with Gasteiger partial charge in [-0.3, -0.25) is 9.59 Å². The summed E-state index contributed by atoms with van der Waals surface area (Å²) in [4.78, 5) is 24.8. The Morgan fingerprint density at radius 1 is 0.929 bits per heavy atom. The number of fused-ring (bicyclic) bond motifs is 1. The predicted octanol–water partition coefficient (Wildman–Crippen LogP) is 4.54. The molecule has 0 radical (unpaired) electrons. The van der Waals surface area contributed by atoms with Crippen molar-refractivity contribution >= 4 is 34.0 Å². The molecular formula is C23H23N3O2. The monoisotopic (exact) mass is 373 g/mol. The number of carbonyl (C=O) groups excluding carboxylic acids is 2. The largest absolute Gasteiger partial charge is 0.326 e. The maximum absolute atomic E-state index is 12.5. The SMILES string of the molecule is CCc1ccccc1NC(=O)CC(C)=NNC(=O)c1cccc2ccccc12. The first-order valence-corrected chi connectivity index (χ1v) is 9.27. The fraction of sp³-hybridized carbons (Fsp3) is 0.174. The summed E-state index contributed by atoms with van der Waals surface area (Å²) in [5.41, 5.74) is 5.52. The number of carbonyl (C=O) groups is 2. The molecule has 5 heteroatoms. The first-order chi connectivity index (χ1) is 13.6. The van der Waals surface area contributed by atoms with Crippen molar-refractivity contribution in [3.05, 3.63) is 77.9 Å². The number of hydrazone groups is 1. The normalized spacial score (nSPS) is 11.3. The first kappa shape index (κ1) is 19.3. The molecular weight excluding hydrogens is 350 g/mol. The molecule has 0 aliphatic heterocycles. The van der Waals surface area contributed by atoms with Crippen LogP contribution in [0.15, 0.2) is 71.8 Å². The molecule has 2 amide bonds. The van der Waals surface area contributed by atoms with Crippen LogP contribution in [0.4, 0.5) is 5.69 Å². The van der Waals surface area contributed by atoms with Crippen LogP contribution in [-0.4, -0.2) is 17.5 Å². The van der Waals surface area contributed by atoms with Crippen LogP contribution >= 0.6 is 0 Å². The molecule has 142 valence electrons. The number of aryl methyl sites for hydroxylation is 1. The molecule has 5 nitrogen and oxygen atoms in total. The quantitative estimate of drug-likeness (QED) is 0.492. The van der Waals surface area contributed by atoms with E-state index in [1.807, 2.05) is 67.6 Å². The van der Waals surface area contributed by atoms with Crippen molar-refractivity contribution in [1.82, 2.24) is 5.43 Å². The van der Waals surface area contributed by atoms with E-state index in [0.717, 1.165) is 28.4 Å². The molecule has 0 unspecified atom stereocenters. The van der Waals surface area contributed by atoms with Crippen LogP contribution in [0.5, 0.6) is 0 Å². The standard InChI is InChI=1S/C23H23N3O2/c1-3-17-9-5-7-14-21(17)24-22(27)15-16(2)25-26-23(28)20-13-8-11-18-10-4-6-12-19(18)20/h4-14H,3,15H2,1-2H3,(H,24,27)(H,26,28). The van der Waals surface area contributed by atoms with E-state index in [0.29, 0.717) is 11.3 Å². The van der Waals surface area contributed by atoms with Crippen molar-refractivity contribution in [2.24, 2.45) is 5.10 Å². The molecule has 3 rings (SSSR count). The van der Waals surface area contributed by atoms with Gasteiger partial charge < -0.3 is 5.32 Å². The number of benzene rings is 3. The molecule has 0 aromatic heterocycles. The molecule has 28 heavy (non-hydrogen) atoms. The molecule has 0 heterocycles. The smallest absolute Gasteiger partial charge is 0.271 e. The third-order valence-corrected chi connectivity index (χ3v) is 4.47. The van der Waals surface area contributed by atoms with E-state index >= 15 is 0 Å². The van der Waals surface area contributed by atoms with E-state index < -0.39 is 0 Å². The van der Waals surface area contributed by atoms with Gasteiger partial charge in [0.15, 0.2) is 0 Å². The minimum Gasteiger partial charge on any atom is -0.326 e. The minimum atomic E-state index is -0.298. The zero-order chi connectivity index (χ0) is 19.9. The van der Waals surface area contributed by atoms with Crippen molar-refractivity contribution < 1.29 is 9.59 Å². The topological polar surface area (TPSA) is 70.6 Å². The molecule has 3 aromatic rings. The Labute approximate surface area is 164 Å². The maximum Gasteiger partial charge on any atom is 0.271 e. The summed E-state index contributed by atoms with van der Waals surface area (Å²) in [5.74, 6) is -0.463. The van der Waals surface area contributed by atoms with Gasteiger partial charge >= 0.3 is 0 Å². The third kappa shape index (κ3) is 4.62. The van der Waals surface area contributed by atoms with E-state index in [2.05, 4.69) is 15.8 Å². The number of hydrogen-bond donors (Lipinski definition) is 2. The van der Waals surface area contributed by atoms with Crippen LogP contribution in [-0.2, 0) is 11.2 Å². The summed E-state index contributed by atoms with van der Waals surface area (Å²) < 4.78 is 0. The summed E-state index contributed by atoms with van der Waals surface area (Å²) in [6.07, 6.45) is 0.943. The second kappa shape index (κ2) is 8.95. The van der Waals surface area contributed by atoms with Crippen molar-refractivity contribution in [3.63, 3.8) is 0 Å². The number of nitrogens with zero attached hydrogens (tertiary/aromatic N) is 1. The van der Waals surface area contributed by atoms with E-state index in [9.17, 15) is 9.59 Å². The van der Waals surface area contributed by atoms with E-state index in [1.165, 1.54) is 0 Å². The molecule has 0 spiro atoms. The maximum atomic E-state index is 12.5. The van der Waals surface area contributed by atoms with E-state index in [4.69, 9.17) is 0 Å². The van der Waals surface area contributed by atoms with E-state index in [-0.39, 0.29) is 18.2 Å². The van der Waals surface area contributed by atoms with Crippen molar-refractivity contribution in [2.75, 3.05) is 5.32 Å². The molecule has 0 atom stereocenters. The molecule has 0 saturated heterocycles. The molecule has 0 aliphatic carbocycles. The van der Waals surface area contributed by atoms with Crippen LogP contribution in [0.3, 0.4) is 0 Å². The van der Waals surface area contributed by atoms with Gasteiger partial charge in [-0.25, -0.2) is 5.43 Å². The molecule has 3 aromatic carbocycles. The Kier molecular flexibility index (Phi) is 6.17. The number of nitrogens with one attached hydrogen (secondary N) is 2. The predicted molar refractivity (Wildman–Crippen MR) is 114 cm³/mol. The molecule has 2 N–H and O–H groups in total. The van der Waals surface area contributed by atoms with Crippen LogP contribution in [0.1, 0.15) is 36.2 Å². The number of amides is 2. The highest BCUT2D eigenvalue weighted by Gasteiger charge is 2.10. The number of anilines is 1. The Morgan fingerprint density at radius 3 is 2.46 bits per heavy atom. The molecule has 0 fully saturated rings. The zero-order valence-electron chi connectivity index (χ0n) is 16.0. The lowest BCUT2D eigenvalue weighted by molar-refractivity contribution is -0.115. The second-order valence-electron chi connectivity index (χ2n) is 6.55. The lowest BCUT2D eigenvalue weighted by Gasteiger charge is -2.10. The van der Waals surface area contributed by atoms with Gasteiger partial charge in [0.05, 0.1) is 6.42 Å². The number of rotatable bonds is 6. The third-order valence-electron chi connectivity index (χ3n) is 4.47. The average Bonchev–Trinajstić information content (AvgIpc) is 2.72. The number of hydrogen-bond acceptors (Lipinski definition) is 3. The summed E-state index contributed by atoms with van der Waals surface area (Å²) in [5, 5.41) is 8.85. The Hall–Kier alpha value is -3.47. The second-order valence-corrected chi connectivity index (χ2v) is 6.55. The Morgan fingerprint density at radius 2 is 1.64 bits per heavy atom. The van der Waals surface area contributed by atoms with Gasteiger partial charge in [-0.1, -0.05) is 61.5 Å². The molecule has 0 saturated carbocycles. The lowest BCUT2D eigenvalue weighted by atomic mass is 10.0. The van der Waals surface area contributed by atoms with Crippen LogP contribution < -0.4 is 10.7 Å².